The number of aromatic nitrogens is 2. The largest absolute Gasteiger partial charge is 0.325 e. The van der Waals surface area contributed by atoms with Gasteiger partial charge in [-0.3, -0.25) is 0 Å². The third-order valence-corrected chi connectivity index (χ3v) is 3.21. The average Bonchev–Trinajstić information content (AvgIpc) is 2.66. The lowest BCUT2D eigenvalue weighted by molar-refractivity contribution is 0.525. The Kier molecular flexibility index (Phi) is 3.49. The Hall–Kier alpha value is -1.02. The minimum absolute atomic E-state index is 0.477. The molecule has 0 bridgehead atoms. The van der Waals surface area contributed by atoms with Gasteiger partial charge in [-0.15, -0.1) is 11.6 Å². The Morgan fingerprint density at radius 2 is 2.12 bits per heavy atom. The first-order chi connectivity index (χ1) is 7.77. The van der Waals surface area contributed by atoms with Crippen LogP contribution in [0.1, 0.15) is 32.1 Å². The van der Waals surface area contributed by atoms with E-state index in [4.69, 9.17) is 11.6 Å². The smallest absolute Gasteiger partial charge is 0.111 e. The summed E-state index contributed by atoms with van der Waals surface area (Å²) >= 11 is 5.83. The number of nitrogens with zero attached hydrogens (tertiary/aromatic N) is 2. The van der Waals surface area contributed by atoms with Gasteiger partial charge in [0.15, 0.2) is 0 Å². The molecule has 0 aliphatic rings. The molecule has 1 unspecified atom stereocenters. The summed E-state index contributed by atoms with van der Waals surface area (Å²) in [6, 6.07) is 8.76. The van der Waals surface area contributed by atoms with Crippen LogP contribution in [0.2, 0.25) is 0 Å². The van der Waals surface area contributed by atoms with Crippen molar-refractivity contribution in [2.24, 2.45) is 0 Å². The minimum Gasteiger partial charge on any atom is -0.325 e. The van der Waals surface area contributed by atoms with E-state index in [0.717, 1.165) is 24.2 Å². The molecule has 0 aliphatic heterocycles. The molecule has 1 heterocycles. The summed E-state index contributed by atoms with van der Waals surface area (Å²) in [6.07, 6.45) is 1.94. The maximum Gasteiger partial charge on any atom is 0.111 e. The van der Waals surface area contributed by atoms with Crippen LogP contribution < -0.4 is 0 Å². The summed E-state index contributed by atoms with van der Waals surface area (Å²) in [7, 11) is 0. The van der Waals surface area contributed by atoms with Crippen LogP contribution in [0.25, 0.3) is 11.0 Å². The molecule has 1 aromatic heterocycles. The highest BCUT2D eigenvalue weighted by Crippen LogP contribution is 2.23. The van der Waals surface area contributed by atoms with Crippen molar-refractivity contribution >= 4 is 22.6 Å². The Labute approximate surface area is 101 Å². The second-order valence-electron chi connectivity index (χ2n) is 4.08. The first-order valence-electron chi connectivity index (χ1n) is 5.79. The standard InChI is InChI=1S/C13H17ClN2/c1-3-10(2)16-12-7-5-4-6-11(12)15-13(16)8-9-14/h4-7,10H,3,8-9H2,1-2H3. The van der Waals surface area contributed by atoms with Crippen molar-refractivity contribution in [1.82, 2.24) is 9.55 Å². The zero-order valence-electron chi connectivity index (χ0n) is 9.78. The van der Waals surface area contributed by atoms with Gasteiger partial charge in [-0.2, -0.15) is 0 Å². The zero-order chi connectivity index (χ0) is 11.5. The van der Waals surface area contributed by atoms with Gasteiger partial charge in [-0.05, 0) is 25.5 Å². The van der Waals surface area contributed by atoms with Crippen LogP contribution in [0.5, 0.6) is 0 Å². The van der Waals surface area contributed by atoms with E-state index in [9.17, 15) is 0 Å². The van der Waals surface area contributed by atoms with Crippen molar-refractivity contribution in [3.63, 3.8) is 0 Å². The molecule has 0 N–H and O–H groups in total. The number of aryl methyl sites for hydroxylation is 1. The molecule has 0 aliphatic carbocycles. The number of rotatable bonds is 4. The fourth-order valence-corrected chi connectivity index (χ4v) is 2.20. The molecule has 0 saturated carbocycles. The van der Waals surface area contributed by atoms with Crippen molar-refractivity contribution in [3.05, 3.63) is 30.1 Å². The van der Waals surface area contributed by atoms with Gasteiger partial charge in [0.05, 0.1) is 11.0 Å². The topological polar surface area (TPSA) is 17.8 Å². The van der Waals surface area contributed by atoms with Gasteiger partial charge in [0.1, 0.15) is 5.82 Å². The predicted octanol–water partition coefficient (Wildman–Crippen LogP) is 3.79. The quantitative estimate of drug-likeness (QED) is 0.739. The molecule has 2 nitrogen and oxygen atoms in total. The highest BCUT2D eigenvalue weighted by Gasteiger charge is 2.13. The molecule has 0 radical (unpaired) electrons. The van der Waals surface area contributed by atoms with E-state index in [1.54, 1.807) is 0 Å². The predicted molar refractivity (Wildman–Crippen MR) is 69.2 cm³/mol. The summed E-state index contributed by atoms with van der Waals surface area (Å²) in [6.45, 7) is 4.43. The molecule has 0 spiro atoms. The number of para-hydroxylation sites is 2. The van der Waals surface area contributed by atoms with Gasteiger partial charge < -0.3 is 4.57 Å². The maximum absolute atomic E-state index is 5.83. The van der Waals surface area contributed by atoms with Crippen LogP contribution in [0.4, 0.5) is 0 Å². The first-order valence-corrected chi connectivity index (χ1v) is 6.33. The van der Waals surface area contributed by atoms with E-state index in [2.05, 4.69) is 41.6 Å². The van der Waals surface area contributed by atoms with Gasteiger partial charge in [0, 0.05) is 18.3 Å². The van der Waals surface area contributed by atoms with Crippen molar-refractivity contribution in [3.8, 4) is 0 Å². The molecule has 0 fully saturated rings. The highest BCUT2D eigenvalue weighted by atomic mass is 35.5. The maximum atomic E-state index is 5.83. The van der Waals surface area contributed by atoms with E-state index in [0.29, 0.717) is 11.9 Å². The Morgan fingerprint density at radius 3 is 2.81 bits per heavy atom. The highest BCUT2D eigenvalue weighted by molar-refractivity contribution is 6.17. The van der Waals surface area contributed by atoms with Crippen molar-refractivity contribution in [1.29, 1.82) is 0 Å². The van der Waals surface area contributed by atoms with Crippen LogP contribution in [-0.4, -0.2) is 15.4 Å². The number of hydrogen-bond acceptors (Lipinski definition) is 1. The van der Waals surface area contributed by atoms with Gasteiger partial charge in [-0.1, -0.05) is 19.1 Å². The fourth-order valence-electron chi connectivity index (χ4n) is 2.03. The third-order valence-electron chi connectivity index (χ3n) is 3.02. The van der Waals surface area contributed by atoms with Crippen molar-refractivity contribution < 1.29 is 0 Å². The van der Waals surface area contributed by atoms with Crippen LogP contribution in [0.3, 0.4) is 0 Å². The monoisotopic (exact) mass is 236 g/mol. The lowest BCUT2D eigenvalue weighted by Crippen LogP contribution is -2.09. The van der Waals surface area contributed by atoms with Gasteiger partial charge in [0.2, 0.25) is 0 Å². The number of hydrogen-bond donors (Lipinski definition) is 0. The number of benzene rings is 1. The minimum atomic E-state index is 0.477. The lowest BCUT2D eigenvalue weighted by atomic mass is 10.2. The van der Waals surface area contributed by atoms with Crippen LogP contribution in [-0.2, 0) is 6.42 Å². The van der Waals surface area contributed by atoms with Gasteiger partial charge >= 0.3 is 0 Å². The molecular weight excluding hydrogens is 220 g/mol. The molecule has 0 amide bonds. The molecular formula is C13H17ClN2. The van der Waals surface area contributed by atoms with E-state index in [1.807, 2.05) is 6.07 Å². The molecule has 2 aromatic rings. The van der Waals surface area contributed by atoms with Crippen LogP contribution >= 0.6 is 11.6 Å². The molecule has 86 valence electrons. The Bertz CT molecular complexity index is 476. The molecule has 1 aromatic carbocycles. The third kappa shape index (κ3) is 1.94. The molecule has 2 rings (SSSR count). The second kappa shape index (κ2) is 4.88. The Balaban J connectivity index is 2.59. The molecule has 3 heteroatoms. The van der Waals surface area contributed by atoms with E-state index in [1.165, 1.54) is 5.52 Å². The number of imidazole rings is 1. The lowest BCUT2D eigenvalue weighted by Gasteiger charge is -2.15. The van der Waals surface area contributed by atoms with Gasteiger partial charge in [-0.25, -0.2) is 4.98 Å². The van der Waals surface area contributed by atoms with Crippen LogP contribution in [0, 0.1) is 0 Å². The summed E-state index contributed by atoms with van der Waals surface area (Å²) < 4.78 is 2.32. The number of alkyl halides is 1. The average molecular weight is 237 g/mol. The Morgan fingerprint density at radius 1 is 1.38 bits per heavy atom. The second-order valence-corrected chi connectivity index (χ2v) is 4.46. The normalized spacial score (nSPS) is 13.2. The van der Waals surface area contributed by atoms with Gasteiger partial charge in [0.25, 0.3) is 0 Å². The zero-order valence-corrected chi connectivity index (χ0v) is 10.5. The summed E-state index contributed by atoms with van der Waals surface area (Å²) in [5, 5.41) is 0. The van der Waals surface area contributed by atoms with Crippen LogP contribution in [0.15, 0.2) is 24.3 Å². The van der Waals surface area contributed by atoms with Crippen molar-refractivity contribution in [2.75, 3.05) is 5.88 Å². The van der Waals surface area contributed by atoms with E-state index >= 15 is 0 Å². The van der Waals surface area contributed by atoms with Crippen molar-refractivity contribution in [2.45, 2.75) is 32.7 Å². The molecule has 0 saturated heterocycles. The van der Waals surface area contributed by atoms with E-state index in [-0.39, 0.29) is 0 Å². The first kappa shape index (κ1) is 11.5. The summed E-state index contributed by atoms with van der Waals surface area (Å²) in [5.74, 6) is 1.73. The summed E-state index contributed by atoms with van der Waals surface area (Å²) in [5.41, 5.74) is 2.29. The molecule has 16 heavy (non-hydrogen) atoms. The number of fused-ring (bicyclic) bond motifs is 1. The molecule has 1 atom stereocenters. The number of halogens is 1. The van der Waals surface area contributed by atoms with E-state index < -0.39 is 0 Å². The summed E-state index contributed by atoms with van der Waals surface area (Å²) in [4.78, 5) is 4.65. The fraction of sp³-hybridized carbons (Fsp3) is 0.462. The SMILES string of the molecule is CCC(C)n1c(CCCl)nc2ccccc21.